The first-order valence-corrected chi connectivity index (χ1v) is 12.5. The molecule has 3 aromatic carbocycles. The number of carbonyl (C=O) groups excluding carboxylic acids is 1. The van der Waals surface area contributed by atoms with E-state index in [1.165, 1.54) is 0 Å². The van der Waals surface area contributed by atoms with E-state index in [2.05, 4.69) is 56.8 Å². The van der Waals surface area contributed by atoms with Gasteiger partial charge in [-0.3, -0.25) is 19.7 Å². The highest BCUT2D eigenvalue weighted by atomic mass is 16.5. The molecule has 1 aliphatic rings. The summed E-state index contributed by atoms with van der Waals surface area (Å²) in [7, 11) is 0. The molecule has 0 fully saturated rings. The Kier molecular flexibility index (Phi) is 7.26. The van der Waals surface area contributed by atoms with Gasteiger partial charge in [0.1, 0.15) is 12.0 Å². The lowest BCUT2D eigenvalue weighted by atomic mass is 9.98. The number of hydrogen-bond donors (Lipinski definition) is 2. The zero-order valence-corrected chi connectivity index (χ0v) is 20.7. The topological polar surface area (TPSA) is 104 Å². The van der Waals surface area contributed by atoms with Crippen molar-refractivity contribution in [1.82, 2.24) is 20.5 Å². The Morgan fingerprint density at radius 3 is 2.41 bits per heavy atom. The van der Waals surface area contributed by atoms with Crippen molar-refractivity contribution in [2.75, 3.05) is 0 Å². The summed E-state index contributed by atoms with van der Waals surface area (Å²) in [5.74, 6) is 0.890. The first-order chi connectivity index (χ1) is 18.1. The molecule has 0 aliphatic carbocycles. The average molecular weight is 496 g/mol. The maximum Gasteiger partial charge on any atom is 0.439 e. The molecule has 188 valence electrons. The molecule has 4 aromatic rings. The van der Waals surface area contributed by atoms with Crippen LogP contribution in [0.5, 0.6) is 0 Å². The number of H-pyrrole nitrogens is 1. The Bertz CT molecular complexity index is 1440. The molecule has 5 rings (SSSR count). The molecule has 8 nitrogen and oxygen atoms in total. The lowest BCUT2D eigenvalue weighted by Gasteiger charge is -2.27. The predicted octanol–water partition coefficient (Wildman–Crippen LogP) is 5.20. The van der Waals surface area contributed by atoms with Crippen molar-refractivity contribution >= 4 is 11.6 Å². The molecule has 0 saturated carbocycles. The van der Waals surface area contributed by atoms with Gasteiger partial charge < -0.3 is 4.90 Å². The maximum atomic E-state index is 12.9. The summed E-state index contributed by atoms with van der Waals surface area (Å²) in [6, 6.07) is 25.4. The summed E-state index contributed by atoms with van der Waals surface area (Å²) in [5, 5.41) is 8.43. The van der Waals surface area contributed by atoms with Crippen LogP contribution in [0.4, 0.5) is 0 Å². The quantitative estimate of drug-likeness (QED) is 0.293. The molecule has 2 N–H and O–H groups in total. The van der Waals surface area contributed by atoms with Crippen LogP contribution in [0.2, 0.25) is 0 Å². The SMILES string of the molecule is CCCCC1=NNC(CC(=O)c2ccccc2)N1Cc1ccc(-c2ccccc2-c2noc(=O)[nH]2)cc1. The second-order valence-corrected chi connectivity index (χ2v) is 9.08. The van der Waals surface area contributed by atoms with E-state index in [4.69, 9.17) is 4.52 Å². The maximum absolute atomic E-state index is 12.9. The molecule has 1 atom stereocenters. The third-order valence-electron chi connectivity index (χ3n) is 6.52. The standard InChI is InChI=1S/C29H29N5O3/c1-2-3-13-26-31-32-27(18-25(35)22-9-5-4-6-10-22)34(26)19-20-14-16-21(17-15-20)23-11-7-8-12-24(23)28-30-29(36)37-33-28/h4-12,14-17,27,32H,2-3,13,18-19H2,1H3,(H,30,33,36). The zero-order valence-electron chi connectivity index (χ0n) is 20.7. The van der Waals surface area contributed by atoms with Crippen molar-refractivity contribution in [2.45, 2.75) is 45.3 Å². The predicted molar refractivity (Wildman–Crippen MR) is 143 cm³/mol. The highest BCUT2D eigenvalue weighted by Crippen LogP contribution is 2.30. The highest BCUT2D eigenvalue weighted by Gasteiger charge is 2.29. The van der Waals surface area contributed by atoms with E-state index >= 15 is 0 Å². The van der Waals surface area contributed by atoms with Crippen molar-refractivity contribution in [3.63, 3.8) is 0 Å². The number of amidine groups is 1. The van der Waals surface area contributed by atoms with Crippen LogP contribution < -0.4 is 11.2 Å². The van der Waals surface area contributed by atoms with E-state index in [0.717, 1.165) is 47.4 Å². The average Bonchev–Trinajstić information content (AvgIpc) is 3.54. The van der Waals surface area contributed by atoms with Crippen molar-refractivity contribution in [3.8, 4) is 22.5 Å². The number of unbranched alkanes of at least 4 members (excludes halogenated alkanes) is 1. The number of benzene rings is 3. The zero-order chi connectivity index (χ0) is 25.6. The Morgan fingerprint density at radius 1 is 0.973 bits per heavy atom. The first kappa shape index (κ1) is 24.2. The van der Waals surface area contributed by atoms with E-state index in [1.807, 2.05) is 54.6 Å². The Hall–Kier alpha value is -4.46. The molecule has 0 saturated heterocycles. The number of hydrogen-bond acceptors (Lipinski definition) is 7. The number of nitrogens with zero attached hydrogens (tertiary/aromatic N) is 3. The Labute approximate surface area is 215 Å². The van der Waals surface area contributed by atoms with Crippen LogP contribution in [0.15, 0.2) is 93.3 Å². The summed E-state index contributed by atoms with van der Waals surface area (Å²) in [5.41, 5.74) is 7.75. The lowest BCUT2D eigenvalue weighted by molar-refractivity contribution is 0.0942. The van der Waals surface area contributed by atoms with Crippen molar-refractivity contribution in [3.05, 3.63) is 101 Å². The number of carbonyl (C=O) groups is 1. The molecular weight excluding hydrogens is 466 g/mol. The molecule has 0 spiro atoms. The van der Waals surface area contributed by atoms with Gasteiger partial charge in [0, 0.05) is 24.1 Å². The third-order valence-corrected chi connectivity index (χ3v) is 6.52. The highest BCUT2D eigenvalue weighted by molar-refractivity contribution is 5.97. The van der Waals surface area contributed by atoms with E-state index in [1.54, 1.807) is 0 Å². The molecule has 8 heteroatoms. The number of ketones is 1. The number of rotatable bonds is 10. The van der Waals surface area contributed by atoms with Crippen LogP contribution in [-0.4, -0.2) is 32.8 Å². The fourth-order valence-corrected chi connectivity index (χ4v) is 4.55. The lowest BCUT2D eigenvalue weighted by Crippen LogP contribution is -2.41. The van der Waals surface area contributed by atoms with Crippen LogP contribution in [0.25, 0.3) is 22.5 Å². The number of hydrazone groups is 1. The van der Waals surface area contributed by atoms with Gasteiger partial charge in [0.15, 0.2) is 11.6 Å². The normalized spacial score (nSPS) is 14.9. The van der Waals surface area contributed by atoms with Crippen LogP contribution in [0.1, 0.15) is 48.5 Å². The minimum absolute atomic E-state index is 0.0906. The molecule has 2 heterocycles. The smallest absolute Gasteiger partial charge is 0.332 e. The van der Waals surface area contributed by atoms with Crippen LogP contribution in [0.3, 0.4) is 0 Å². The minimum Gasteiger partial charge on any atom is -0.332 e. The molecule has 1 aromatic heterocycles. The summed E-state index contributed by atoms with van der Waals surface area (Å²) in [6.45, 7) is 2.80. The Morgan fingerprint density at radius 2 is 1.70 bits per heavy atom. The van der Waals surface area contributed by atoms with Gasteiger partial charge in [0.05, 0.1) is 6.42 Å². The van der Waals surface area contributed by atoms with Gasteiger partial charge in [-0.25, -0.2) is 4.79 Å². The number of aromatic amines is 1. The summed E-state index contributed by atoms with van der Waals surface area (Å²) < 4.78 is 4.70. The van der Waals surface area contributed by atoms with Gasteiger partial charge in [0.2, 0.25) is 0 Å². The molecule has 1 aliphatic heterocycles. The Balaban J connectivity index is 1.35. The number of Topliss-reactive ketones (excluding diaryl/α,β-unsaturated/α-hetero) is 1. The largest absolute Gasteiger partial charge is 0.439 e. The van der Waals surface area contributed by atoms with E-state index < -0.39 is 5.76 Å². The van der Waals surface area contributed by atoms with E-state index in [9.17, 15) is 9.59 Å². The molecule has 0 bridgehead atoms. The third kappa shape index (κ3) is 5.53. The molecule has 0 radical (unpaired) electrons. The second-order valence-electron chi connectivity index (χ2n) is 9.08. The van der Waals surface area contributed by atoms with Gasteiger partial charge in [0.25, 0.3) is 0 Å². The van der Waals surface area contributed by atoms with Gasteiger partial charge in [-0.05, 0) is 23.1 Å². The van der Waals surface area contributed by atoms with Crippen LogP contribution in [0, 0.1) is 0 Å². The summed E-state index contributed by atoms with van der Waals surface area (Å²) in [6.07, 6.45) is 3.12. The number of nitrogens with one attached hydrogen (secondary N) is 2. The molecular formula is C29H29N5O3. The molecule has 37 heavy (non-hydrogen) atoms. The van der Waals surface area contributed by atoms with Gasteiger partial charge in [-0.15, -0.1) is 0 Å². The van der Waals surface area contributed by atoms with Crippen molar-refractivity contribution < 1.29 is 9.32 Å². The van der Waals surface area contributed by atoms with Crippen molar-refractivity contribution in [2.24, 2.45) is 5.10 Å². The number of aromatic nitrogens is 2. The van der Waals surface area contributed by atoms with E-state index in [-0.39, 0.29) is 11.9 Å². The van der Waals surface area contributed by atoms with Crippen molar-refractivity contribution in [1.29, 1.82) is 0 Å². The molecule has 0 amide bonds. The monoisotopic (exact) mass is 495 g/mol. The van der Waals surface area contributed by atoms with Crippen LogP contribution in [-0.2, 0) is 6.54 Å². The van der Waals surface area contributed by atoms with Gasteiger partial charge in [-0.1, -0.05) is 97.4 Å². The minimum atomic E-state index is -0.583. The fourth-order valence-electron chi connectivity index (χ4n) is 4.55. The summed E-state index contributed by atoms with van der Waals surface area (Å²) in [4.78, 5) is 29.2. The fraction of sp³-hybridized carbons (Fsp3) is 0.241. The second kappa shape index (κ2) is 11.1. The van der Waals surface area contributed by atoms with Gasteiger partial charge in [-0.2, -0.15) is 5.10 Å². The first-order valence-electron chi connectivity index (χ1n) is 12.5. The van der Waals surface area contributed by atoms with Gasteiger partial charge >= 0.3 is 5.76 Å². The van der Waals surface area contributed by atoms with E-state index in [0.29, 0.717) is 24.4 Å². The molecule has 1 unspecified atom stereocenters. The van der Waals surface area contributed by atoms with Crippen LogP contribution >= 0.6 is 0 Å². The summed E-state index contributed by atoms with van der Waals surface area (Å²) >= 11 is 0.